The van der Waals surface area contributed by atoms with Crippen molar-refractivity contribution in [1.82, 2.24) is 9.97 Å². The lowest BCUT2D eigenvalue weighted by atomic mass is 10.2. The highest BCUT2D eigenvalue weighted by Gasteiger charge is 2.26. The van der Waals surface area contributed by atoms with Gasteiger partial charge in [0.1, 0.15) is 5.82 Å². The summed E-state index contributed by atoms with van der Waals surface area (Å²) in [5.41, 5.74) is 0.998. The molecule has 1 saturated carbocycles. The number of halogens is 2. The highest BCUT2D eigenvalue weighted by Crippen LogP contribution is 2.40. The van der Waals surface area contributed by atoms with E-state index in [1.54, 1.807) is 6.07 Å². The van der Waals surface area contributed by atoms with Crippen molar-refractivity contribution in [3.8, 4) is 0 Å². The number of rotatable bonds is 5. The number of nitrogens with zero attached hydrogens (tertiary/aromatic N) is 2. The van der Waals surface area contributed by atoms with E-state index in [-0.39, 0.29) is 5.69 Å². The molecule has 3 rings (SSSR count). The van der Waals surface area contributed by atoms with E-state index in [0.717, 1.165) is 24.6 Å². The zero-order valence-corrected chi connectivity index (χ0v) is 11.7. The molecule has 0 saturated heterocycles. The molecule has 1 aromatic heterocycles. The molecule has 1 aliphatic carbocycles. The van der Waals surface area contributed by atoms with Gasteiger partial charge in [-0.25, -0.2) is 13.8 Å². The SMILES string of the molecule is CCNc1nc(Nc2cccc(F)c2F)cc(C2CC2)n1. The second-order valence-electron chi connectivity index (χ2n) is 5.03. The number of anilines is 3. The summed E-state index contributed by atoms with van der Waals surface area (Å²) in [6.07, 6.45) is 2.21. The Morgan fingerprint density at radius 2 is 2.05 bits per heavy atom. The Labute approximate surface area is 121 Å². The van der Waals surface area contributed by atoms with E-state index in [4.69, 9.17) is 0 Å². The van der Waals surface area contributed by atoms with Crippen LogP contribution in [-0.2, 0) is 0 Å². The molecule has 0 aliphatic heterocycles. The Morgan fingerprint density at radius 3 is 2.76 bits per heavy atom. The van der Waals surface area contributed by atoms with Crippen LogP contribution in [0.2, 0.25) is 0 Å². The monoisotopic (exact) mass is 290 g/mol. The van der Waals surface area contributed by atoms with Crippen LogP contribution in [0.15, 0.2) is 24.3 Å². The maximum absolute atomic E-state index is 13.7. The highest BCUT2D eigenvalue weighted by atomic mass is 19.2. The number of hydrogen-bond acceptors (Lipinski definition) is 4. The first-order chi connectivity index (χ1) is 10.2. The molecule has 0 atom stereocenters. The summed E-state index contributed by atoms with van der Waals surface area (Å²) in [6.45, 7) is 2.65. The van der Waals surface area contributed by atoms with Crippen molar-refractivity contribution < 1.29 is 8.78 Å². The van der Waals surface area contributed by atoms with Crippen molar-refractivity contribution in [3.05, 3.63) is 41.6 Å². The van der Waals surface area contributed by atoms with Gasteiger partial charge in [-0.1, -0.05) is 6.07 Å². The third kappa shape index (κ3) is 3.09. The van der Waals surface area contributed by atoms with Gasteiger partial charge in [0.15, 0.2) is 11.6 Å². The summed E-state index contributed by atoms with van der Waals surface area (Å²) < 4.78 is 27.0. The fourth-order valence-corrected chi connectivity index (χ4v) is 2.09. The Bertz CT molecular complexity index is 656. The zero-order chi connectivity index (χ0) is 14.8. The van der Waals surface area contributed by atoms with Crippen LogP contribution in [-0.4, -0.2) is 16.5 Å². The molecule has 0 amide bonds. The van der Waals surface area contributed by atoms with Crippen molar-refractivity contribution in [3.63, 3.8) is 0 Å². The molecular formula is C15H16F2N4. The molecule has 2 aromatic rings. The molecule has 21 heavy (non-hydrogen) atoms. The molecule has 1 heterocycles. The lowest BCUT2D eigenvalue weighted by Gasteiger charge is -2.11. The average molecular weight is 290 g/mol. The highest BCUT2D eigenvalue weighted by molar-refractivity contribution is 5.58. The molecule has 1 aliphatic rings. The average Bonchev–Trinajstić information content (AvgIpc) is 3.29. The van der Waals surface area contributed by atoms with Crippen molar-refractivity contribution in [2.24, 2.45) is 0 Å². The smallest absolute Gasteiger partial charge is 0.224 e. The minimum Gasteiger partial charge on any atom is -0.354 e. The fraction of sp³-hybridized carbons (Fsp3) is 0.333. The second kappa shape index (κ2) is 5.63. The Kier molecular flexibility index (Phi) is 3.68. The molecule has 4 nitrogen and oxygen atoms in total. The lowest BCUT2D eigenvalue weighted by Crippen LogP contribution is -2.07. The third-order valence-electron chi connectivity index (χ3n) is 3.29. The van der Waals surface area contributed by atoms with Gasteiger partial charge in [-0.05, 0) is 31.9 Å². The fourth-order valence-electron chi connectivity index (χ4n) is 2.09. The second-order valence-corrected chi connectivity index (χ2v) is 5.03. The summed E-state index contributed by atoms with van der Waals surface area (Å²) in [5.74, 6) is -0.380. The van der Waals surface area contributed by atoms with Crippen LogP contribution in [0, 0.1) is 11.6 Å². The predicted molar refractivity (Wildman–Crippen MR) is 77.8 cm³/mol. The largest absolute Gasteiger partial charge is 0.354 e. The first kappa shape index (κ1) is 13.7. The van der Waals surface area contributed by atoms with Crippen LogP contribution >= 0.6 is 0 Å². The quantitative estimate of drug-likeness (QED) is 0.879. The molecule has 0 radical (unpaired) electrons. The predicted octanol–water partition coefficient (Wildman–Crippen LogP) is 3.81. The van der Waals surface area contributed by atoms with Crippen molar-refractivity contribution in [2.75, 3.05) is 17.2 Å². The summed E-state index contributed by atoms with van der Waals surface area (Å²) in [7, 11) is 0. The first-order valence-corrected chi connectivity index (χ1v) is 7.01. The van der Waals surface area contributed by atoms with Gasteiger partial charge in [0.05, 0.1) is 11.4 Å². The van der Waals surface area contributed by atoms with Crippen LogP contribution in [0.3, 0.4) is 0 Å². The van der Waals surface area contributed by atoms with Crippen molar-refractivity contribution in [1.29, 1.82) is 0 Å². The van der Waals surface area contributed by atoms with Gasteiger partial charge >= 0.3 is 0 Å². The van der Waals surface area contributed by atoms with Crippen molar-refractivity contribution >= 4 is 17.5 Å². The number of aromatic nitrogens is 2. The van der Waals surface area contributed by atoms with Crippen LogP contribution in [0.4, 0.5) is 26.2 Å². The molecule has 2 N–H and O–H groups in total. The van der Waals surface area contributed by atoms with E-state index in [1.165, 1.54) is 12.1 Å². The maximum atomic E-state index is 13.7. The molecule has 0 spiro atoms. The van der Waals surface area contributed by atoms with Gasteiger partial charge in [0.25, 0.3) is 0 Å². The molecule has 0 bridgehead atoms. The van der Waals surface area contributed by atoms with Crippen LogP contribution in [0.5, 0.6) is 0 Å². The van der Waals surface area contributed by atoms with E-state index in [1.807, 2.05) is 6.92 Å². The van der Waals surface area contributed by atoms with Crippen LogP contribution in [0.1, 0.15) is 31.4 Å². The van der Waals surface area contributed by atoms with Crippen molar-refractivity contribution in [2.45, 2.75) is 25.7 Å². The van der Waals surface area contributed by atoms with Gasteiger partial charge in [0.2, 0.25) is 5.95 Å². The topological polar surface area (TPSA) is 49.8 Å². The van der Waals surface area contributed by atoms with E-state index in [9.17, 15) is 8.78 Å². The Balaban J connectivity index is 1.91. The Hall–Kier alpha value is -2.24. The number of hydrogen-bond donors (Lipinski definition) is 2. The summed E-state index contributed by atoms with van der Waals surface area (Å²) in [6, 6.07) is 5.81. The number of benzene rings is 1. The normalized spacial score (nSPS) is 14.0. The molecule has 6 heteroatoms. The zero-order valence-electron chi connectivity index (χ0n) is 11.7. The van der Waals surface area contributed by atoms with E-state index >= 15 is 0 Å². The van der Waals surface area contributed by atoms with E-state index in [2.05, 4.69) is 20.6 Å². The maximum Gasteiger partial charge on any atom is 0.224 e. The van der Waals surface area contributed by atoms with Gasteiger partial charge in [-0.2, -0.15) is 4.98 Å². The van der Waals surface area contributed by atoms with E-state index in [0.29, 0.717) is 24.2 Å². The van der Waals surface area contributed by atoms with Gasteiger partial charge in [0, 0.05) is 18.5 Å². The summed E-state index contributed by atoms with van der Waals surface area (Å²) >= 11 is 0. The molecular weight excluding hydrogens is 274 g/mol. The molecule has 0 unspecified atom stereocenters. The third-order valence-corrected chi connectivity index (χ3v) is 3.29. The van der Waals surface area contributed by atoms with Gasteiger partial charge in [-0.15, -0.1) is 0 Å². The summed E-state index contributed by atoms with van der Waals surface area (Å²) in [4.78, 5) is 8.71. The van der Waals surface area contributed by atoms with E-state index < -0.39 is 11.6 Å². The minimum absolute atomic E-state index is 0.0675. The summed E-state index contributed by atoms with van der Waals surface area (Å²) in [5, 5.41) is 5.88. The standard InChI is InChI=1S/C15H16F2N4/c1-2-18-15-20-12(9-6-7-9)8-13(21-15)19-11-5-3-4-10(16)14(11)17/h3-5,8-9H,2,6-7H2,1H3,(H2,18,19,20,21). The van der Waals surface area contributed by atoms with Gasteiger partial charge in [-0.3, -0.25) is 0 Å². The van der Waals surface area contributed by atoms with Crippen LogP contribution < -0.4 is 10.6 Å². The van der Waals surface area contributed by atoms with Crippen LogP contribution in [0.25, 0.3) is 0 Å². The molecule has 1 aromatic carbocycles. The molecule has 1 fully saturated rings. The van der Waals surface area contributed by atoms with Gasteiger partial charge < -0.3 is 10.6 Å². The Morgan fingerprint density at radius 1 is 1.24 bits per heavy atom. The molecule has 110 valence electrons. The first-order valence-electron chi connectivity index (χ1n) is 7.01. The minimum atomic E-state index is -0.908. The number of nitrogens with one attached hydrogen (secondary N) is 2. The lowest BCUT2D eigenvalue weighted by molar-refractivity contribution is 0.511.